The molecule has 3 aromatic heterocycles. The van der Waals surface area contributed by atoms with Gasteiger partial charge in [0.25, 0.3) is 0 Å². The zero-order chi connectivity index (χ0) is 25.8. The molecule has 182 valence electrons. The van der Waals surface area contributed by atoms with Crippen molar-refractivity contribution in [3.05, 3.63) is 105 Å². The molecule has 0 aliphatic carbocycles. The Morgan fingerprint density at radius 3 is 2.59 bits per heavy atom. The van der Waals surface area contributed by atoms with Gasteiger partial charge in [0.2, 0.25) is 11.0 Å². The molecule has 0 radical (unpaired) electrons. The molecule has 8 nitrogen and oxygen atoms in total. The minimum atomic E-state index is -0.827. The second-order valence-electron chi connectivity index (χ2n) is 9.06. The Kier molecular flexibility index (Phi) is 5.21. The number of rotatable bonds is 3. The summed E-state index contributed by atoms with van der Waals surface area (Å²) in [4.78, 5) is 17.9. The third kappa shape index (κ3) is 3.79. The number of ether oxygens (including phenoxy) is 1. The van der Waals surface area contributed by atoms with E-state index < -0.39 is 11.5 Å². The van der Waals surface area contributed by atoms with Crippen LogP contribution in [0, 0.1) is 32.1 Å². The number of nitriles is 1. The molecule has 0 bridgehead atoms. The topological polar surface area (TPSA) is 120 Å². The molecule has 0 spiro atoms. The summed E-state index contributed by atoms with van der Waals surface area (Å²) in [5, 5.41) is 15.6. The molecule has 37 heavy (non-hydrogen) atoms. The van der Waals surface area contributed by atoms with Crippen molar-refractivity contribution in [3.8, 4) is 28.2 Å². The number of aryl methyl sites for hydroxylation is 3. The monoisotopic (exact) mass is 507 g/mol. The first kappa shape index (κ1) is 22.8. The molecular weight excluding hydrogens is 486 g/mol. The van der Waals surface area contributed by atoms with Crippen LogP contribution in [0.5, 0.6) is 5.75 Å². The Morgan fingerprint density at radius 2 is 1.84 bits per heavy atom. The fourth-order valence-corrected chi connectivity index (χ4v) is 5.57. The van der Waals surface area contributed by atoms with Gasteiger partial charge in [0.05, 0.1) is 27.4 Å². The van der Waals surface area contributed by atoms with E-state index in [9.17, 15) is 10.1 Å². The molecular formula is C28H21N5O3S. The predicted octanol–water partition coefficient (Wildman–Crippen LogP) is 5.25. The van der Waals surface area contributed by atoms with Crippen molar-refractivity contribution in [1.29, 1.82) is 5.26 Å². The highest BCUT2D eigenvalue weighted by atomic mass is 32.1. The minimum absolute atomic E-state index is 0.0527. The highest BCUT2D eigenvalue weighted by molar-refractivity contribution is 7.20. The predicted molar refractivity (Wildman–Crippen MR) is 141 cm³/mol. The number of aromatic nitrogens is 3. The van der Waals surface area contributed by atoms with E-state index in [1.807, 2.05) is 56.4 Å². The number of nitrogens with zero attached hydrogens (tertiary/aromatic N) is 4. The average molecular weight is 508 g/mol. The SMILES string of the molecule is Cc1ccc(-c2nn(-c3nc4ccc(C)cc4s3)cc2C2C(C#N)=C(N)Oc3cc(C)oc(=O)c32)cc1. The van der Waals surface area contributed by atoms with Crippen LogP contribution in [-0.2, 0) is 0 Å². The zero-order valence-electron chi connectivity index (χ0n) is 20.3. The third-order valence-corrected chi connectivity index (χ3v) is 7.37. The van der Waals surface area contributed by atoms with Gasteiger partial charge in [0.1, 0.15) is 23.2 Å². The van der Waals surface area contributed by atoms with Gasteiger partial charge >= 0.3 is 5.63 Å². The van der Waals surface area contributed by atoms with E-state index in [1.54, 1.807) is 17.7 Å². The molecule has 1 aliphatic rings. The van der Waals surface area contributed by atoms with E-state index in [0.29, 0.717) is 22.1 Å². The van der Waals surface area contributed by atoms with Gasteiger partial charge in [0, 0.05) is 23.4 Å². The first-order valence-corrected chi connectivity index (χ1v) is 12.4. The Morgan fingerprint density at radius 1 is 1.08 bits per heavy atom. The smallest absolute Gasteiger partial charge is 0.343 e. The van der Waals surface area contributed by atoms with Gasteiger partial charge in [-0.15, -0.1) is 0 Å². The van der Waals surface area contributed by atoms with E-state index in [4.69, 9.17) is 25.0 Å². The fourth-order valence-electron chi connectivity index (χ4n) is 4.58. The molecule has 0 saturated carbocycles. The molecule has 6 rings (SSSR count). The van der Waals surface area contributed by atoms with Crippen LogP contribution in [0.25, 0.3) is 26.6 Å². The van der Waals surface area contributed by atoms with Crippen molar-refractivity contribution in [2.24, 2.45) is 5.73 Å². The summed E-state index contributed by atoms with van der Waals surface area (Å²) in [5.41, 5.74) is 11.1. The Hall–Kier alpha value is -4.68. The van der Waals surface area contributed by atoms with Crippen molar-refractivity contribution < 1.29 is 9.15 Å². The lowest BCUT2D eigenvalue weighted by Crippen LogP contribution is -2.26. The Labute approximate surface area is 215 Å². The van der Waals surface area contributed by atoms with Crippen LogP contribution in [0.3, 0.4) is 0 Å². The normalized spacial score (nSPS) is 14.9. The molecule has 2 aromatic carbocycles. The summed E-state index contributed by atoms with van der Waals surface area (Å²) >= 11 is 1.51. The fraction of sp³-hybridized carbons (Fsp3) is 0.143. The van der Waals surface area contributed by atoms with E-state index >= 15 is 0 Å². The number of nitrogens with two attached hydrogens (primary N) is 1. The summed E-state index contributed by atoms with van der Waals surface area (Å²) in [5.74, 6) is -0.224. The van der Waals surface area contributed by atoms with E-state index in [2.05, 4.69) is 12.1 Å². The molecule has 1 aliphatic heterocycles. The molecule has 0 amide bonds. The number of thiazole rings is 1. The van der Waals surface area contributed by atoms with E-state index in [0.717, 1.165) is 26.9 Å². The Balaban J connectivity index is 1.63. The van der Waals surface area contributed by atoms with E-state index in [-0.39, 0.29) is 22.8 Å². The average Bonchev–Trinajstić information content (AvgIpc) is 3.47. The molecule has 5 aromatic rings. The molecule has 2 N–H and O–H groups in total. The quantitative estimate of drug-likeness (QED) is 0.354. The van der Waals surface area contributed by atoms with Crippen molar-refractivity contribution in [3.63, 3.8) is 0 Å². The Bertz CT molecular complexity index is 1840. The van der Waals surface area contributed by atoms with Gasteiger partial charge in [-0.05, 0) is 38.5 Å². The number of hydrogen-bond acceptors (Lipinski definition) is 8. The van der Waals surface area contributed by atoms with Gasteiger partial charge < -0.3 is 14.9 Å². The lowest BCUT2D eigenvalue weighted by molar-refractivity contribution is 0.371. The van der Waals surface area contributed by atoms with Crippen LogP contribution in [-0.4, -0.2) is 14.8 Å². The van der Waals surface area contributed by atoms with Gasteiger partial charge in [-0.2, -0.15) is 10.4 Å². The third-order valence-electron chi connectivity index (χ3n) is 6.36. The number of fused-ring (bicyclic) bond motifs is 2. The summed E-state index contributed by atoms with van der Waals surface area (Å²) in [6, 6.07) is 17.7. The molecule has 0 saturated heterocycles. The number of hydrogen-bond donors (Lipinski definition) is 1. The molecule has 1 atom stereocenters. The van der Waals surface area contributed by atoms with Crippen LogP contribution in [0.15, 0.2) is 75.4 Å². The minimum Gasteiger partial charge on any atom is -0.440 e. The second-order valence-corrected chi connectivity index (χ2v) is 10.1. The molecule has 1 unspecified atom stereocenters. The van der Waals surface area contributed by atoms with Crippen molar-refractivity contribution in [2.45, 2.75) is 26.7 Å². The maximum atomic E-state index is 13.1. The maximum Gasteiger partial charge on any atom is 0.343 e. The standard InChI is InChI=1S/C28H21N5O3S/c1-14-4-7-17(8-5-14)25-19(13-33(32-25)28-31-20-9-6-15(2)10-22(20)37-28)23-18(12-29)26(30)36-21-11-16(3)35-27(34)24(21)23/h4-11,13,23H,30H2,1-3H3. The lowest BCUT2D eigenvalue weighted by Gasteiger charge is -2.25. The lowest BCUT2D eigenvalue weighted by atomic mass is 9.83. The zero-order valence-corrected chi connectivity index (χ0v) is 21.1. The first-order chi connectivity index (χ1) is 17.8. The van der Waals surface area contributed by atoms with Crippen molar-refractivity contribution >= 4 is 21.6 Å². The summed E-state index contributed by atoms with van der Waals surface area (Å²) in [6.45, 7) is 5.70. The maximum absolute atomic E-state index is 13.1. The van der Waals surface area contributed by atoms with Crippen molar-refractivity contribution in [2.75, 3.05) is 0 Å². The van der Waals surface area contributed by atoms with Gasteiger partial charge in [-0.3, -0.25) is 0 Å². The van der Waals surface area contributed by atoms with Crippen LogP contribution in [0.4, 0.5) is 0 Å². The van der Waals surface area contributed by atoms with Crippen LogP contribution in [0.1, 0.15) is 33.9 Å². The summed E-state index contributed by atoms with van der Waals surface area (Å²) in [7, 11) is 0. The van der Waals surface area contributed by atoms with Crippen LogP contribution < -0.4 is 16.1 Å². The number of benzene rings is 2. The molecule has 4 heterocycles. The second kappa shape index (κ2) is 8.47. The highest BCUT2D eigenvalue weighted by Crippen LogP contribution is 2.44. The van der Waals surface area contributed by atoms with E-state index in [1.165, 1.54) is 11.3 Å². The summed E-state index contributed by atoms with van der Waals surface area (Å²) < 4.78 is 13.8. The number of allylic oxidation sites excluding steroid dienone is 1. The van der Waals surface area contributed by atoms with Gasteiger partial charge in [-0.1, -0.05) is 47.2 Å². The largest absolute Gasteiger partial charge is 0.440 e. The van der Waals surface area contributed by atoms with Crippen LogP contribution >= 0.6 is 11.3 Å². The summed E-state index contributed by atoms with van der Waals surface area (Å²) in [6.07, 6.45) is 1.81. The first-order valence-electron chi connectivity index (χ1n) is 11.6. The van der Waals surface area contributed by atoms with Gasteiger partial charge in [-0.25, -0.2) is 14.5 Å². The molecule has 9 heteroatoms. The molecule has 0 fully saturated rings. The van der Waals surface area contributed by atoms with Crippen molar-refractivity contribution in [1.82, 2.24) is 14.8 Å². The highest BCUT2D eigenvalue weighted by Gasteiger charge is 2.37. The van der Waals surface area contributed by atoms with Crippen LogP contribution in [0.2, 0.25) is 0 Å². The van der Waals surface area contributed by atoms with Gasteiger partial charge in [0.15, 0.2) is 0 Å².